The highest BCUT2D eigenvalue weighted by molar-refractivity contribution is 5.94. The first-order chi connectivity index (χ1) is 7.58. The Hall–Kier alpha value is -1.58. The van der Waals surface area contributed by atoms with Gasteiger partial charge in [-0.1, -0.05) is 0 Å². The van der Waals surface area contributed by atoms with Crippen LogP contribution < -0.4 is 10.9 Å². The molecule has 1 heterocycles. The highest BCUT2D eigenvalue weighted by Crippen LogP contribution is 2.32. The maximum Gasteiger partial charge on any atom is 0.251 e. The van der Waals surface area contributed by atoms with E-state index in [2.05, 4.69) is 5.32 Å². The lowest BCUT2D eigenvalue weighted by Gasteiger charge is -2.12. The van der Waals surface area contributed by atoms with Crippen LogP contribution in [-0.2, 0) is 7.05 Å². The van der Waals surface area contributed by atoms with Crippen molar-refractivity contribution in [2.45, 2.75) is 25.8 Å². The number of carbonyl (C=O) groups excluding carboxylic acids is 1. The van der Waals surface area contributed by atoms with Crippen molar-refractivity contribution in [1.82, 2.24) is 9.88 Å². The van der Waals surface area contributed by atoms with Gasteiger partial charge in [0, 0.05) is 30.9 Å². The molecular weight excluding hydrogens is 204 g/mol. The molecule has 0 aromatic carbocycles. The lowest BCUT2D eigenvalue weighted by molar-refractivity contribution is 0.0935. The molecule has 16 heavy (non-hydrogen) atoms. The number of aromatic nitrogens is 1. The van der Waals surface area contributed by atoms with Crippen molar-refractivity contribution in [3.05, 3.63) is 34.2 Å². The fourth-order valence-corrected chi connectivity index (χ4v) is 1.69. The first-order valence-corrected chi connectivity index (χ1v) is 5.55. The van der Waals surface area contributed by atoms with Gasteiger partial charge in [-0.2, -0.15) is 0 Å². The molecule has 0 aliphatic heterocycles. The summed E-state index contributed by atoms with van der Waals surface area (Å²) < 4.78 is 1.45. The fraction of sp³-hybridized carbons (Fsp3) is 0.500. The van der Waals surface area contributed by atoms with E-state index in [1.165, 1.54) is 23.5 Å². The SMILES string of the molecule is CC(NC(=O)c1ccn(C)c(=O)c1)C1CC1. The second kappa shape index (κ2) is 4.12. The summed E-state index contributed by atoms with van der Waals surface area (Å²) in [5.74, 6) is 0.465. The quantitative estimate of drug-likeness (QED) is 0.823. The molecule has 1 aromatic heterocycles. The molecule has 1 N–H and O–H groups in total. The number of hydrogen-bond donors (Lipinski definition) is 1. The summed E-state index contributed by atoms with van der Waals surface area (Å²) >= 11 is 0. The van der Waals surface area contributed by atoms with E-state index in [4.69, 9.17) is 0 Å². The topological polar surface area (TPSA) is 51.1 Å². The summed E-state index contributed by atoms with van der Waals surface area (Å²) in [5, 5.41) is 2.92. The molecule has 1 aliphatic rings. The highest BCUT2D eigenvalue weighted by atomic mass is 16.2. The van der Waals surface area contributed by atoms with Gasteiger partial charge in [0.05, 0.1) is 0 Å². The van der Waals surface area contributed by atoms with Crippen LogP contribution in [0.1, 0.15) is 30.1 Å². The van der Waals surface area contributed by atoms with E-state index >= 15 is 0 Å². The molecular formula is C12H16N2O2. The Bertz CT molecular complexity index is 460. The minimum Gasteiger partial charge on any atom is -0.349 e. The van der Waals surface area contributed by atoms with Gasteiger partial charge in [0.1, 0.15) is 0 Å². The van der Waals surface area contributed by atoms with Gasteiger partial charge in [-0.3, -0.25) is 9.59 Å². The van der Waals surface area contributed by atoms with Gasteiger partial charge >= 0.3 is 0 Å². The van der Waals surface area contributed by atoms with Gasteiger partial charge in [-0.05, 0) is 31.7 Å². The Morgan fingerprint density at radius 1 is 1.56 bits per heavy atom. The number of hydrogen-bond acceptors (Lipinski definition) is 2. The van der Waals surface area contributed by atoms with Crippen LogP contribution in [0.2, 0.25) is 0 Å². The standard InChI is InChI=1S/C12H16N2O2/c1-8(9-3-4-9)13-12(16)10-5-6-14(2)11(15)7-10/h5-9H,3-4H2,1-2H3,(H,13,16). The van der Waals surface area contributed by atoms with Crippen LogP contribution in [0.15, 0.2) is 23.1 Å². The average Bonchev–Trinajstić information content (AvgIpc) is 3.05. The van der Waals surface area contributed by atoms with Crippen molar-refractivity contribution in [1.29, 1.82) is 0 Å². The molecule has 0 saturated heterocycles. The molecule has 4 nitrogen and oxygen atoms in total. The van der Waals surface area contributed by atoms with Crippen LogP contribution in [0, 0.1) is 5.92 Å². The average molecular weight is 220 g/mol. The number of amides is 1. The zero-order chi connectivity index (χ0) is 11.7. The van der Waals surface area contributed by atoms with Gasteiger partial charge in [-0.25, -0.2) is 0 Å². The summed E-state index contributed by atoms with van der Waals surface area (Å²) in [4.78, 5) is 23.2. The van der Waals surface area contributed by atoms with Crippen molar-refractivity contribution in [2.75, 3.05) is 0 Å². The van der Waals surface area contributed by atoms with Gasteiger partial charge in [0.15, 0.2) is 0 Å². The largest absolute Gasteiger partial charge is 0.349 e. The molecule has 86 valence electrons. The summed E-state index contributed by atoms with van der Waals surface area (Å²) in [6.45, 7) is 2.01. The molecule has 1 saturated carbocycles. The van der Waals surface area contributed by atoms with E-state index in [0.29, 0.717) is 11.5 Å². The summed E-state index contributed by atoms with van der Waals surface area (Å²) in [6, 6.07) is 3.24. The Labute approximate surface area is 94.3 Å². The molecule has 1 amide bonds. The second-order valence-electron chi connectivity index (χ2n) is 4.46. The highest BCUT2D eigenvalue weighted by Gasteiger charge is 2.29. The molecule has 4 heteroatoms. The smallest absolute Gasteiger partial charge is 0.251 e. The van der Waals surface area contributed by atoms with Crippen LogP contribution in [0.3, 0.4) is 0 Å². The number of pyridine rings is 1. The Balaban J connectivity index is 2.08. The van der Waals surface area contributed by atoms with Crippen LogP contribution in [0.4, 0.5) is 0 Å². The maximum atomic E-state index is 11.8. The fourth-order valence-electron chi connectivity index (χ4n) is 1.69. The van der Waals surface area contributed by atoms with Crippen molar-refractivity contribution in [2.24, 2.45) is 13.0 Å². The molecule has 0 spiro atoms. The predicted octanol–water partition coefficient (Wildman–Crippen LogP) is 0.914. The first-order valence-electron chi connectivity index (χ1n) is 5.55. The minimum absolute atomic E-state index is 0.155. The minimum atomic E-state index is -0.160. The lowest BCUT2D eigenvalue weighted by atomic mass is 10.2. The van der Waals surface area contributed by atoms with Crippen LogP contribution >= 0.6 is 0 Å². The van der Waals surface area contributed by atoms with Crippen LogP contribution in [0.25, 0.3) is 0 Å². The van der Waals surface area contributed by atoms with Gasteiger partial charge < -0.3 is 9.88 Å². The molecule has 1 aromatic rings. The first kappa shape index (κ1) is 10.9. The monoisotopic (exact) mass is 220 g/mol. The van der Waals surface area contributed by atoms with E-state index in [0.717, 1.165) is 0 Å². The third-order valence-corrected chi connectivity index (χ3v) is 3.05. The second-order valence-corrected chi connectivity index (χ2v) is 4.46. The zero-order valence-corrected chi connectivity index (χ0v) is 9.56. The number of carbonyl (C=O) groups is 1. The Morgan fingerprint density at radius 3 is 2.81 bits per heavy atom. The van der Waals surface area contributed by atoms with Crippen molar-refractivity contribution < 1.29 is 4.79 Å². The third-order valence-electron chi connectivity index (χ3n) is 3.05. The third kappa shape index (κ3) is 2.32. The normalized spacial score (nSPS) is 16.9. The lowest BCUT2D eigenvalue weighted by Crippen LogP contribution is -2.34. The molecule has 0 radical (unpaired) electrons. The molecule has 1 unspecified atom stereocenters. The molecule has 1 atom stereocenters. The predicted molar refractivity (Wildman–Crippen MR) is 61.3 cm³/mol. The number of aryl methyl sites for hydroxylation is 1. The van der Waals surface area contributed by atoms with Crippen molar-refractivity contribution in [3.8, 4) is 0 Å². The Kier molecular flexibility index (Phi) is 2.81. The number of nitrogens with zero attached hydrogens (tertiary/aromatic N) is 1. The van der Waals surface area contributed by atoms with Gasteiger partial charge in [0.25, 0.3) is 11.5 Å². The molecule has 1 aliphatic carbocycles. The van der Waals surface area contributed by atoms with Gasteiger partial charge in [0.2, 0.25) is 0 Å². The van der Waals surface area contributed by atoms with Crippen LogP contribution in [-0.4, -0.2) is 16.5 Å². The van der Waals surface area contributed by atoms with E-state index in [1.807, 2.05) is 6.92 Å². The summed E-state index contributed by atoms with van der Waals surface area (Å²) in [7, 11) is 1.66. The summed E-state index contributed by atoms with van der Waals surface area (Å²) in [5.41, 5.74) is 0.280. The molecule has 2 rings (SSSR count). The number of rotatable bonds is 3. The van der Waals surface area contributed by atoms with E-state index in [-0.39, 0.29) is 17.5 Å². The van der Waals surface area contributed by atoms with Gasteiger partial charge in [-0.15, -0.1) is 0 Å². The molecule has 0 bridgehead atoms. The molecule has 1 fully saturated rings. The van der Waals surface area contributed by atoms with Crippen LogP contribution in [0.5, 0.6) is 0 Å². The summed E-state index contributed by atoms with van der Waals surface area (Å²) in [6.07, 6.45) is 4.00. The van der Waals surface area contributed by atoms with E-state index in [9.17, 15) is 9.59 Å². The van der Waals surface area contributed by atoms with Crippen molar-refractivity contribution >= 4 is 5.91 Å². The zero-order valence-electron chi connectivity index (χ0n) is 9.56. The maximum absolute atomic E-state index is 11.8. The van der Waals surface area contributed by atoms with E-state index < -0.39 is 0 Å². The van der Waals surface area contributed by atoms with E-state index in [1.54, 1.807) is 19.3 Å². The number of nitrogens with one attached hydrogen (secondary N) is 1. The Morgan fingerprint density at radius 2 is 2.25 bits per heavy atom. The van der Waals surface area contributed by atoms with Crippen molar-refractivity contribution in [3.63, 3.8) is 0 Å².